The smallest absolute Gasteiger partial charge is 0.120 e. The molecule has 0 amide bonds. The molecule has 1 nitrogen and oxygen atoms in total. The van der Waals surface area contributed by atoms with Crippen LogP contribution in [0.3, 0.4) is 0 Å². The molecule has 0 aliphatic carbocycles. The van der Waals surface area contributed by atoms with Crippen LogP contribution in [0.25, 0.3) is 0 Å². The Hall–Kier alpha value is -0.550. The minimum absolute atomic E-state index is 0.919. The maximum absolute atomic E-state index is 10.0. The second kappa shape index (κ2) is 21.4. The van der Waals surface area contributed by atoms with Crippen molar-refractivity contribution in [2.75, 3.05) is 0 Å². The number of rotatable bonds is 19. The van der Waals surface area contributed by atoms with Gasteiger partial charge in [0.15, 0.2) is 0 Å². The van der Waals surface area contributed by atoms with E-state index in [9.17, 15) is 4.79 Å². The van der Waals surface area contributed by atoms with Gasteiger partial charge in [0.2, 0.25) is 0 Å². The van der Waals surface area contributed by atoms with Gasteiger partial charge in [0.1, 0.15) is 5.94 Å². The fraction of sp³-hybridized carbons (Fsp3) is 0.909. The summed E-state index contributed by atoms with van der Waals surface area (Å²) in [5.74, 6) is 1.85. The zero-order chi connectivity index (χ0) is 16.8. The van der Waals surface area contributed by atoms with Gasteiger partial charge < -0.3 is 0 Å². The molecular formula is C22H42O. The lowest BCUT2D eigenvalue weighted by Gasteiger charge is -2.03. The highest BCUT2D eigenvalue weighted by Crippen LogP contribution is 2.14. The van der Waals surface area contributed by atoms with E-state index in [1.54, 1.807) is 6.08 Å². The maximum atomic E-state index is 10.0. The second-order valence-corrected chi connectivity index (χ2v) is 7.12. The molecule has 0 aliphatic heterocycles. The Morgan fingerprint density at radius 1 is 0.522 bits per heavy atom. The average molecular weight is 323 g/mol. The minimum Gasteiger partial charge on any atom is -0.234 e. The third-order valence-electron chi connectivity index (χ3n) is 4.79. The molecule has 0 bridgehead atoms. The van der Waals surface area contributed by atoms with E-state index in [1.165, 1.54) is 109 Å². The first kappa shape index (κ1) is 22.4. The molecule has 0 saturated carbocycles. The van der Waals surface area contributed by atoms with E-state index >= 15 is 0 Å². The molecule has 0 fully saturated rings. The van der Waals surface area contributed by atoms with Gasteiger partial charge in [-0.15, -0.1) is 0 Å². The summed E-state index contributed by atoms with van der Waals surface area (Å²) < 4.78 is 0. The summed E-state index contributed by atoms with van der Waals surface area (Å²) in [6.07, 6.45) is 27.9. The standard InChI is InChI=1S/C22H42O/c1-2-3-4-5-6-7-8-9-10-11-12-13-14-15-16-17-18-19-20-21-22-23/h21H,2-20H2,1H3. The van der Waals surface area contributed by atoms with Gasteiger partial charge in [-0.05, 0) is 18.9 Å². The van der Waals surface area contributed by atoms with Gasteiger partial charge in [-0.2, -0.15) is 0 Å². The SMILES string of the molecule is CCCCCCCCCCCCCCCCCCCCC=C=O. The van der Waals surface area contributed by atoms with Gasteiger partial charge in [0.25, 0.3) is 0 Å². The molecule has 0 aromatic heterocycles. The van der Waals surface area contributed by atoms with E-state index in [-0.39, 0.29) is 0 Å². The Morgan fingerprint density at radius 3 is 1.13 bits per heavy atom. The van der Waals surface area contributed by atoms with Crippen LogP contribution in [-0.4, -0.2) is 5.94 Å². The van der Waals surface area contributed by atoms with Crippen LogP contribution in [0.15, 0.2) is 6.08 Å². The Balaban J connectivity index is 2.96. The Morgan fingerprint density at radius 2 is 0.826 bits per heavy atom. The Labute approximate surface area is 146 Å². The number of unbranched alkanes of at least 4 members (excludes halogenated alkanes) is 18. The van der Waals surface area contributed by atoms with Gasteiger partial charge in [-0.25, -0.2) is 4.79 Å². The van der Waals surface area contributed by atoms with Crippen LogP contribution in [0.2, 0.25) is 0 Å². The third kappa shape index (κ3) is 21.5. The summed E-state index contributed by atoms with van der Waals surface area (Å²) in [7, 11) is 0. The molecule has 0 saturated heterocycles. The number of hydrogen-bond acceptors (Lipinski definition) is 1. The maximum Gasteiger partial charge on any atom is 0.120 e. The molecule has 0 rings (SSSR count). The van der Waals surface area contributed by atoms with Crippen molar-refractivity contribution in [1.29, 1.82) is 0 Å². The van der Waals surface area contributed by atoms with Crippen molar-refractivity contribution in [2.24, 2.45) is 0 Å². The van der Waals surface area contributed by atoms with Crippen molar-refractivity contribution in [1.82, 2.24) is 0 Å². The van der Waals surface area contributed by atoms with Crippen molar-refractivity contribution >= 4 is 5.94 Å². The summed E-state index contributed by atoms with van der Waals surface area (Å²) in [6.45, 7) is 2.29. The molecule has 0 radical (unpaired) electrons. The highest BCUT2D eigenvalue weighted by atomic mass is 16.1. The first-order valence-electron chi connectivity index (χ1n) is 10.6. The summed E-state index contributed by atoms with van der Waals surface area (Å²) in [5.41, 5.74) is 0. The van der Waals surface area contributed by atoms with Crippen molar-refractivity contribution in [3.63, 3.8) is 0 Å². The molecular weight excluding hydrogens is 280 g/mol. The van der Waals surface area contributed by atoms with Crippen LogP contribution in [-0.2, 0) is 4.79 Å². The predicted molar refractivity (Wildman–Crippen MR) is 104 cm³/mol. The highest BCUT2D eigenvalue weighted by Gasteiger charge is 1.94. The fourth-order valence-corrected chi connectivity index (χ4v) is 3.21. The molecule has 0 aliphatic rings. The molecule has 0 heterocycles. The molecule has 0 aromatic rings. The third-order valence-corrected chi connectivity index (χ3v) is 4.79. The van der Waals surface area contributed by atoms with E-state index in [4.69, 9.17) is 0 Å². The van der Waals surface area contributed by atoms with Crippen LogP contribution >= 0.6 is 0 Å². The fourth-order valence-electron chi connectivity index (χ4n) is 3.21. The molecule has 0 N–H and O–H groups in total. The molecule has 0 atom stereocenters. The molecule has 0 aromatic carbocycles. The Bertz CT molecular complexity index is 253. The van der Waals surface area contributed by atoms with Crippen molar-refractivity contribution in [3.8, 4) is 0 Å². The second-order valence-electron chi connectivity index (χ2n) is 7.12. The number of hydrogen-bond donors (Lipinski definition) is 0. The van der Waals surface area contributed by atoms with Gasteiger partial charge in [-0.3, -0.25) is 0 Å². The first-order valence-corrected chi connectivity index (χ1v) is 10.6. The first-order chi connectivity index (χ1) is 11.4. The predicted octanol–water partition coefficient (Wildman–Crippen LogP) is 7.81. The molecule has 0 spiro atoms. The zero-order valence-corrected chi connectivity index (χ0v) is 15.9. The molecule has 0 unspecified atom stereocenters. The quantitative estimate of drug-likeness (QED) is 0.175. The lowest BCUT2D eigenvalue weighted by atomic mass is 10.0. The van der Waals surface area contributed by atoms with E-state index in [0.29, 0.717) is 0 Å². The van der Waals surface area contributed by atoms with Crippen LogP contribution in [0.4, 0.5) is 0 Å². The van der Waals surface area contributed by atoms with E-state index in [0.717, 1.165) is 12.8 Å². The highest BCUT2D eigenvalue weighted by molar-refractivity contribution is 5.44. The summed E-state index contributed by atoms with van der Waals surface area (Å²) in [5, 5.41) is 0. The van der Waals surface area contributed by atoms with Crippen molar-refractivity contribution < 1.29 is 4.79 Å². The van der Waals surface area contributed by atoms with Gasteiger partial charge in [-0.1, -0.05) is 116 Å². The number of allylic oxidation sites excluding steroid dienone is 1. The normalized spacial score (nSPS) is 10.7. The van der Waals surface area contributed by atoms with Gasteiger partial charge in [0.05, 0.1) is 0 Å². The molecule has 23 heavy (non-hydrogen) atoms. The summed E-state index contributed by atoms with van der Waals surface area (Å²) in [4.78, 5) is 10.0. The largest absolute Gasteiger partial charge is 0.234 e. The van der Waals surface area contributed by atoms with Crippen LogP contribution in [0, 0.1) is 0 Å². The van der Waals surface area contributed by atoms with E-state index < -0.39 is 0 Å². The van der Waals surface area contributed by atoms with E-state index in [1.807, 2.05) is 5.94 Å². The molecule has 1 heteroatoms. The minimum atomic E-state index is 0.919. The van der Waals surface area contributed by atoms with Crippen LogP contribution in [0.5, 0.6) is 0 Å². The van der Waals surface area contributed by atoms with Gasteiger partial charge >= 0.3 is 0 Å². The zero-order valence-electron chi connectivity index (χ0n) is 15.9. The van der Waals surface area contributed by atoms with Crippen LogP contribution in [0.1, 0.15) is 129 Å². The van der Waals surface area contributed by atoms with E-state index in [2.05, 4.69) is 6.92 Å². The topological polar surface area (TPSA) is 17.1 Å². The lowest BCUT2D eigenvalue weighted by Crippen LogP contribution is -1.84. The van der Waals surface area contributed by atoms with Gasteiger partial charge in [0, 0.05) is 0 Å². The monoisotopic (exact) mass is 322 g/mol. The van der Waals surface area contributed by atoms with Crippen molar-refractivity contribution in [3.05, 3.63) is 6.08 Å². The van der Waals surface area contributed by atoms with Crippen LogP contribution < -0.4 is 0 Å². The summed E-state index contributed by atoms with van der Waals surface area (Å²) >= 11 is 0. The lowest BCUT2D eigenvalue weighted by molar-refractivity contribution is 0.525. The van der Waals surface area contributed by atoms with Crippen molar-refractivity contribution in [2.45, 2.75) is 129 Å². The number of carbonyl (C=O) groups excluding carboxylic acids is 1. The average Bonchev–Trinajstić information content (AvgIpc) is 2.57. The Kier molecular flexibility index (Phi) is 20.9. The molecule has 136 valence electrons. The summed E-state index contributed by atoms with van der Waals surface area (Å²) in [6, 6.07) is 0.